The standard InChI is InChI=1S/C13H20N2O/c1-3-4-13(16)15-10-9-11-5-7-12(14-2)8-6-11/h5-8,14H,3-4,9-10H2,1-2H3,(H,15,16). The molecule has 3 nitrogen and oxygen atoms in total. The molecular formula is C13H20N2O. The summed E-state index contributed by atoms with van der Waals surface area (Å²) >= 11 is 0. The molecule has 0 radical (unpaired) electrons. The summed E-state index contributed by atoms with van der Waals surface area (Å²) in [7, 11) is 1.90. The van der Waals surface area contributed by atoms with Crippen LogP contribution in [-0.4, -0.2) is 19.5 Å². The van der Waals surface area contributed by atoms with E-state index in [-0.39, 0.29) is 5.91 Å². The lowest BCUT2D eigenvalue weighted by Crippen LogP contribution is -2.25. The van der Waals surface area contributed by atoms with Crippen molar-refractivity contribution in [1.82, 2.24) is 5.32 Å². The van der Waals surface area contributed by atoms with Crippen LogP contribution in [0.5, 0.6) is 0 Å². The number of carbonyl (C=O) groups excluding carboxylic acids is 1. The van der Waals surface area contributed by atoms with Gasteiger partial charge >= 0.3 is 0 Å². The number of nitrogens with one attached hydrogen (secondary N) is 2. The van der Waals surface area contributed by atoms with Crippen molar-refractivity contribution in [1.29, 1.82) is 0 Å². The van der Waals surface area contributed by atoms with Crippen molar-refractivity contribution >= 4 is 11.6 Å². The Kier molecular flexibility index (Phi) is 5.40. The molecule has 1 aromatic rings. The molecule has 0 aromatic heterocycles. The zero-order chi connectivity index (χ0) is 11.8. The first-order valence-corrected chi connectivity index (χ1v) is 5.79. The molecule has 0 aliphatic heterocycles. The summed E-state index contributed by atoms with van der Waals surface area (Å²) in [5.74, 6) is 0.148. The van der Waals surface area contributed by atoms with Crippen molar-refractivity contribution in [2.24, 2.45) is 0 Å². The van der Waals surface area contributed by atoms with Gasteiger partial charge in [-0.2, -0.15) is 0 Å². The Morgan fingerprint density at radius 1 is 1.25 bits per heavy atom. The Bertz CT molecular complexity index is 319. The zero-order valence-corrected chi connectivity index (χ0v) is 10.0. The molecule has 0 heterocycles. The number of amides is 1. The largest absolute Gasteiger partial charge is 0.388 e. The third kappa shape index (κ3) is 4.34. The van der Waals surface area contributed by atoms with Gasteiger partial charge in [-0.1, -0.05) is 19.1 Å². The number of rotatable bonds is 6. The van der Waals surface area contributed by atoms with Crippen molar-refractivity contribution in [3.8, 4) is 0 Å². The van der Waals surface area contributed by atoms with E-state index in [1.54, 1.807) is 0 Å². The van der Waals surface area contributed by atoms with Crippen LogP contribution in [0, 0.1) is 0 Å². The smallest absolute Gasteiger partial charge is 0.219 e. The van der Waals surface area contributed by atoms with E-state index >= 15 is 0 Å². The lowest BCUT2D eigenvalue weighted by atomic mass is 10.1. The van der Waals surface area contributed by atoms with E-state index in [0.29, 0.717) is 6.42 Å². The van der Waals surface area contributed by atoms with Gasteiger partial charge in [0.15, 0.2) is 0 Å². The predicted octanol–water partition coefficient (Wildman–Crippen LogP) is 2.19. The van der Waals surface area contributed by atoms with Crippen LogP contribution in [0.2, 0.25) is 0 Å². The molecule has 0 saturated carbocycles. The highest BCUT2D eigenvalue weighted by atomic mass is 16.1. The van der Waals surface area contributed by atoms with E-state index in [4.69, 9.17) is 0 Å². The van der Waals surface area contributed by atoms with Crippen molar-refractivity contribution in [2.45, 2.75) is 26.2 Å². The van der Waals surface area contributed by atoms with E-state index in [1.807, 2.05) is 26.1 Å². The van der Waals surface area contributed by atoms with Crippen LogP contribution in [0.25, 0.3) is 0 Å². The van der Waals surface area contributed by atoms with Gasteiger partial charge < -0.3 is 10.6 Å². The van der Waals surface area contributed by atoms with Crippen LogP contribution in [0.3, 0.4) is 0 Å². The van der Waals surface area contributed by atoms with E-state index in [9.17, 15) is 4.79 Å². The van der Waals surface area contributed by atoms with Crippen LogP contribution in [0.1, 0.15) is 25.3 Å². The van der Waals surface area contributed by atoms with Crippen LogP contribution < -0.4 is 10.6 Å². The predicted molar refractivity (Wildman–Crippen MR) is 67.6 cm³/mol. The summed E-state index contributed by atoms with van der Waals surface area (Å²) in [4.78, 5) is 11.2. The van der Waals surface area contributed by atoms with Crippen LogP contribution >= 0.6 is 0 Å². The molecule has 2 N–H and O–H groups in total. The molecule has 16 heavy (non-hydrogen) atoms. The second-order valence-corrected chi connectivity index (χ2v) is 3.80. The fraction of sp³-hybridized carbons (Fsp3) is 0.462. The van der Waals surface area contributed by atoms with Gasteiger partial charge in [0.1, 0.15) is 0 Å². The summed E-state index contributed by atoms with van der Waals surface area (Å²) in [6.45, 7) is 2.73. The maximum absolute atomic E-state index is 11.2. The van der Waals surface area contributed by atoms with Crippen LogP contribution in [0.15, 0.2) is 24.3 Å². The Morgan fingerprint density at radius 3 is 2.50 bits per heavy atom. The molecule has 88 valence electrons. The summed E-state index contributed by atoms with van der Waals surface area (Å²) in [6.07, 6.45) is 2.42. The van der Waals surface area contributed by atoms with Crippen molar-refractivity contribution in [3.63, 3.8) is 0 Å². The van der Waals surface area contributed by atoms with Gasteiger partial charge in [-0.3, -0.25) is 4.79 Å². The number of benzene rings is 1. The molecule has 0 bridgehead atoms. The topological polar surface area (TPSA) is 41.1 Å². The minimum absolute atomic E-state index is 0.148. The molecule has 0 aliphatic carbocycles. The quantitative estimate of drug-likeness (QED) is 0.771. The number of hydrogen-bond acceptors (Lipinski definition) is 2. The first kappa shape index (κ1) is 12.6. The number of anilines is 1. The molecule has 0 unspecified atom stereocenters. The fourth-order valence-electron chi connectivity index (χ4n) is 1.50. The van der Waals surface area contributed by atoms with E-state index in [0.717, 1.165) is 25.1 Å². The molecular weight excluding hydrogens is 200 g/mol. The Balaban J connectivity index is 2.29. The van der Waals surface area contributed by atoms with Gasteiger partial charge in [0.2, 0.25) is 5.91 Å². The van der Waals surface area contributed by atoms with Crippen LogP contribution in [-0.2, 0) is 11.2 Å². The third-order valence-corrected chi connectivity index (χ3v) is 2.46. The second kappa shape index (κ2) is 6.88. The first-order valence-electron chi connectivity index (χ1n) is 5.79. The van der Waals surface area contributed by atoms with Gasteiger partial charge in [0.05, 0.1) is 0 Å². The summed E-state index contributed by atoms with van der Waals surface area (Å²) < 4.78 is 0. The van der Waals surface area contributed by atoms with E-state index in [1.165, 1.54) is 5.56 Å². The second-order valence-electron chi connectivity index (χ2n) is 3.80. The average Bonchev–Trinajstić information content (AvgIpc) is 2.30. The molecule has 0 aliphatic rings. The van der Waals surface area contributed by atoms with Gasteiger partial charge in [-0.15, -0.1) is 0 Å². The lowest BCUT2D eigenvalue weighted by molar-refractivity contribution is -0.121. The first-order chi connectivity index (χ1) is 7.76. The molecule has 0 saturated heterocycles. The van der Waals surface area contributed by atoms with Crippen LogP contribution in [0.4, 0.5) is 5.69 Å². The molecule has 0 fully saturated rings. The number of hydrogen-bond donors (Lipinski definition) is 2. The Morgan fingerprint density at radius 2 is 1.94 bits per heavy atom. The maximum atomic E-state index is 11.2. The van der Waals surface area contributed by atoms with E-state index < -0.39 is 0 Å². The Labute approximate surface area is 97.2 Å². The van der Waals surface area contributed by atoms with Crippen molar-refractivity contribution in [2.75, 3.05) is 18.9 Å². The summed E-state index contributed by atoms with van der Waals surface area (Å²) in [6, 6.07) is 8.25. The average molecular weight is 220 g/mol. The van der Waals surface area contributed by atoms with E-state index in [2.05, 4.69) is 22.8 Å². The highest BCUT2D eigenvalue weighted by Crippen LogP contribution is 2.08. The molecule has 3 heteroatoms. The minimum atomic E-state index is 0.148. The van der Waals surface area contributed by atoms with Gasteiger partial charge in [0.25, 0.3) is 0 Å². The molecule has 1 aromatic carbocycles. The van der Waals surface area contributed by atoms with Crippen molar-refractivity contribution in [3.05, 3.63) is 29.8 Å². The molecule has 0 atom stereocenters. The molecule has 0 spiro atoms. The Hall–Kier alpha value is -1.51. The number of carbonyl (C=O) groups is 1. The zero-order valence-electron chi connectivity index (χ0n) is 10.0. The highest BCUT2D eigenvalue weighted by Gasteiger charge is 1.98. The molecule has 1 amide bonds. The fourth-order valence-corrected chi connectivity index (χ4v) is 1.50. The monoisotopic (exact) mass is 220 g/mol. The maximum Gasteiger partial charge on any atom is 0.219 e. The van der Waals surface area contributed by atoms with Gasteiger partial charge in [-0.05, 0) is 30.5 Å². The van der Waals surface area contributed by atoms with Gasteiger partial charge in [-0.25, -0.2) is 0 Å². The normalized spacial score (nSPS) is 9.88. The SMILES string of the molecule is CCCC(=O)NCCc1ccc(NC)cc1. The third-order valence-electron chi connectivity index (χ3n) is 2.46. The highest BCUT2D eigenvalue weighted by molar-refractivity contribution is 5.75. The summed E-state index contributed by atoms with van der Waals surface area (Å²) in [5, 5.41) is 5.98. The lowest BCUT2D eigenvalue weighted by Gasteiger charge is -2.05. The summed E-state index contributed by atoms with van der Waals surface area (Å²) in [5.41, 5.74) is 2.36. The minimum Gasteiger partial charge on any atom is -0.388 e. The van der Waals surface area contributed by atoms with Gasteiger partial charge in [0, 0.05) is 25.7 Å². The molecule has 1 rings (SSSR count). The van der Waals surface area contributed by atoms with Crippen molar-refractivity contribution < 1.29 is 4.79 Å².